The summed E-state index contributed by atoms with van der Waals surface area (Å²) in [5.41, 5.74) is 5.56. The number of nitrogens with zero attached hydrogens (tertiary/aromatic N) is 2. The third-order valence-corrected chi connectivity index (χ3v) is 2.55. The topological polar surface area (TPSA) is 87.3 Å². The molecule has 0 spiro atoms. The Morgan fingerprint density at radius 1 is 1.30 bits per heavy atom. The molecule has 6 nitrogen and oxygen atoms in total. The third kappa shape index (κ3) is 3.66. The molecule has 104 valence electrons. The van der Waals surface area contributed by atoms with Crippen molar-refractivity contribution >= 4 is 17.5 Å². The lowest BCUT2D eigenvalue weighted by molar-refractivity contribution is 0.100. The number of carbonyl (C=O) groups excluding carboxylic acids is 1. The molecule has 1 aromatic carbocycles. The molecule has 0 aliphatic rings. The van der Waals surface area contributed by atoms with Crippen LogP contribution in [0, 0.1) is 0 Å². The molecule has 0 bridgehead atoms. The summed E-state index contributed by atoms with van der Waals surface area (Å²) in [7, 11) is 1.54. The monoisotopic (exact) mass is 293 g/mol. The fourth-order valence-corrected chi connectivity index (χ4v) is 1.69. The van der Waals surface area contributed by atoms with Gasteiger partial charge in [0, 0.05) is 18.7 Å². The van der Waals surface area contributed by atoms with Crippen LogP contribution in [0.1, 0.15) is 16.2 Å². The van der Waals surface area contributed by atoms with Gasteiger partial charge >= 0.3 is 0 Å². The number of hydrogen-bond acceptors (Lipinski definition) is 5. The predicted molar refractivity (Wildman–Crippen MR) is 72.8 cm³/mol. The lowest BCUT2D eigenvalue weighted by Crippen LogP contribution is -2.10. The maximum Gasteiger partial charge on any atom is 0.248 e. The Bertz CT molecular complexity index is 617. The van der Waals surface area contributed by atoms with Gasteiger partial charge in [-0.1, -0.05) is 11.6 Å². The van der Waals surface area contributed by atoms with Gasteiger partial charge in [0.05, 0.1) is 0 Å². The Morgan fingerprint density at radius 2 is 2.00 bits per heavy atom. The van der Waals surface area contributed by atoms with Crippen LogP contribution in [0.5, 0.6) is 11.6 Å². The molecule has 7 heteroatoms. The number of carbonyl (C=O) groups is 1. The first-order valence-electron chi connectivity index (χ1n) is 5.68. The highest BCUT2D eigenvalue weighted by Gasteiger charge is 2.06. The molecule has 1 aromatic heterocycles. The van der Waals surface area contributed by atoms with Crippen molar-refractivity contribution in [2.24, 2.45) is 5.73 Å². The van der Waals surface area contributed by atoms with Crippen LogP contribution in [0.15, 0.2) is 30.3 Å². The molecule has 0 aliphatic carbocycles. The van der Waals surface area contributed by atoms with E-state index < -0.39 is 5.91 Å². The minimum atomic E-state index is -0.496. The van der Waals surface area contributed by atoms with E-state index in [1.54, 1.807) is 24.3 Å². The second-order valence-electron chi connectivity index (χ2n) is 3.87. The minimum Gasteiger partial charge on any atom is -0.439 e. The molecule has 2 rings (SSSR count). The van der Waals surface area contributed by atoms with Gasteiger partial charge in [0.1, 0.15) is 17.5 Å². The van der Waals surface area contributed by atoms with E-state index in [1.807, 2.05) is 0 Å². The number of rotatable bonds is 5. The average Bonchev–Trinajstić information content (AvgIpc) is 2.39. The summed E-state index contributed by atoms with van der Waals surface area (Å²) >= 11 is 5.87. The van der Waals surface area contributed by atoms with Gasteiger partial charge in [-0.25, -0.2) is 4.98 Å². The number of aromatic nitrogens is 2. The van der Waals surface area contributed by atoms with E-state index in [1.165, 1.54) is 13.2 Å². The molecule has 1 heterocycles. The van der Waals surface area contributed by atoms with Gasteiger partial charge in [0.15, 0.2) is 5.82 Å². The van der Waals surface area contributed by atoms with Crippen molar-refractivity contribution in [2.45, 2.75) is 6.61 Å². The predicted octanol–water partition coefficient (Wildman–Crippen LogP) is 2.17. The van der Waals surface area contributed by atoms with Crippen molar-refractivity contribution in [1.29, 1.82) is 0 Å². The van der Waals surface area contributed by atoms with Crippen molar-refractivity contribution < 1.29 is 14.3 Å². The van der Waals surface area contributed by atoms with E-state index >= 15 is 0 Å². The molecule has 0 unspecified atom stereocenters. The number of benzene rings is 1. The van der Waals surface area contributed by atoms with Crippen molar-refractivity contribution in [3.8, 4) is 11.6 Å². The number of ether oxygens (including phenoxy) is 2. The van der Waals surface area contributed by atoms with E-state index in [9.17, 15) is 4.79 Å². The van der Waals surface area contributed by atoms with Gasteiger partial charge in [-0.3, -0.25) is 4.79 Å². The summed E-state index contributed by atoms with van der Waals surface area (Å²) in [6.07, 6.45) is 0. The lowest BCUT2D eigenvalue weighted by atomic mass is 10.2. The second kappa shape index (κ2) is 6.31. The van der Waals surface area contributed by atoms with Crippen molar-refractivity contribution in [2.75, 3.05) is 7.11 Å². The lowest BCUT2D eigenvalue weighted by Gasteiger charge is -2.07. The maximum absolute atomic E-state index is 11.0. The van der Waals surface area contributed by atoms with E-state index in [-0.39, 0.29) is 11.8 Å². The summed E-state index contributed by atoms with van der Waals surface area (Å²) in [5.74, 6) is 0.727. The van der Waals surface area contributed by atoms with Crippen molar-refractivity contribution in [3.05, 3.63) is 46.9 Å². The van der Waals surface area contributed by atoms with E-state index in [4.69, 9.17) is 26.8 Å². The normalized spacial score (nSPS) is 10.3. The molecule has 20 heavy (non-hydrogen) atoms. The molecule has 1 amide bonds. The zero-order chi connectivity index (χ0) is 14.5. The van der Waals surface area contributed by atoms with Crippen LogP contribution in [0.4, 0.5) is 0 Å². The molecule has 0 radical (unpaired) electrons. The van der Waals surface area contributed by atoms with Crippen molar-refractivity contribution in [3.63, 3.8) is 0 Å². The first kappa shape index (κ1) is 14.2. The largest absolute Gasteiger partial charge is 0.439 e. The molecular formula is C13H12ClN3O3. The molecular weight excluding hydrogens is 282 g/mol. The van der Waals surface area contributed by atoms with Crippen LogP contribution >= 0.6 is 11.6 Å². The number of halogens is 1. The van der Waals surface area contributed by atoms with Gasteiger partial charge in [0.25, 0.3) is 0 Å². The van der Waals surface area contributed by atoms with Crippen LogP contribution in [-0.4, -0.2) is 23.0 Å². The van der Waals surface area contributed by atoms with Crippen LogP contribution in [0.3, 0.4) is 0 Å². The maximum atomic E-state index is 11.0. The summed E-state index contributed by atoms with van der Waals surface area (Å²) in [6, 6.07) is 7.86. The Kier molecular flexibility index (Phi) is 4.49. The second-order valence-corrected chi connectivity index (χ2v) is 4.26. The summed E-state index contributed by atoms with van der Waals surface area (Å²) in [5, 5.41) is 0.260. The van der Waals surface area contributed by atoms with Crippen LogP contribution < -0.4 is 10.5 Å². The third-order valence-electron chi connectivity index (χ3n) is 2.35. The highest BCUT2D eigenvalue weighted by molar-refractivity contribution is 6.29. The van der Waals surface area contributed by atoms with Gasteiger partial charge in [-0.2, -0.15) is 4.98 Å². The molecule has 0 fully saturated rings. The van der Waals surface area contributed by atoms with Gasteiger partial charge in [0.2, 0.25) is 11.8 Å². The fourth-order valence-electron chi connectivity index (χ4n) is 1.50. The highest BCUT2D eigenvalue weighted by atomic mass is 35.5. The van der Waals surface area contributed by atoms with Gasteiger partial charge in [-0.05, 0) is 24.3 Å². The zero-order valence-corrected chi connectivity index (χ0v) is 11.4. The number of amides is 1. The summed E-state index contributed by atoms with van der Waals surface area (Å²) in [6.45, 7) is 0.234. The van der Waals surface area contributed by atoms with Crippen LogP contribution in [-0.2, 0) is 11.3 Å². The average molecular weight is 294 g/mol. The molecule has 0 aliphatic heterocycles. The zero-order valence-electron chi connectivity index (χ0n) is 10.7. The quantitative estimate of drug-likeness (QED) is 0.854. The van der Waals surface area contributed by atoms with Gasteiger partial charge in [-0.15, -0.1) is 0 Å². The van der Waals surface area contributed by atoms with Gasteiger partial charge < -0.3 is 15.2 Å². The molecule has 0 saturated heterocycles. The minimum absolute atomic E-state index is 0.234. The fraction of sp³-hybridized carbons (Fsp3) is 0.154. The molecule has 0 atom stereocenters. The Morgan fingerprint density at radius 3 is 2.60 bits per heavy atom. The summed E-state index contributed by atoms with van der Waals surface area (Å²) < 4.78 is 10.5. The number of primary amides is 1. The summed E-state index contributed by atoms with van der Waals surface area (Å²) in [4.78, 5) is 19.1. The Hall–Kier alpha value is -2.18. The van der Waals surface area contributed by atoms with E-state index in [2.05, 4.69) is 9.97 Å². The SMILES string of the molecule is COCc1nc(Cl)cc(Oc2ccc(C(N)=O)cc2)n1. The first-order valence-corrected chi connectivity index (χ1v) is 6.06. The highest BCUT2D eigenvalue weighted by Crippen LogP contribution is 2.22. The smallest absolute Gasteiger partial charge is 0.248 e. The number of hydrogen-bond donors (Lipinski definition) is 1. The van der Waals surface area contributed by atoms with E-state index in [0.29, 0.717) is 23.0 Å². The first-order chi connectivity index (χ1) is 9.58. The van der Waals surface area contributed by atoms with Crippen molar-refractivity contribution in [1.82, 2.24) is 9.97 Å². The van der Waals surface area contributed by atoms with E-state index in [0.717, 1.165) is 0 Å². The number of methoxy groups -OCH3 is 1. The van der Waals surface area contributed by atoms with Crippen LogP contribution in [0.2, 0.25) is 5.15 Å². The number of nitrogens with two attached hydrogens (primary N) is 1. The Labute approximate surface area is 120 Å². The molecule has 2 N–H and O–H groups in total. The standard InChI is InChI=1S/C13H12ClN3O3/c1-19-7-11-16-10(14)6-12(17-11)20-9-4-2-8(3-5-9)13(15)18/h2-6H,7H2,1H3,(H2,15,18). The molecule has 0 saturated carbocycles. The molecule has 2 aromatic rings. The Balaban J connectivity index is 2.18. The van der Waals surface area contributed by atoms with Crippen LogP contribution in [0.25, 0.3) is 0 Å².